The highest BCUT2D eigenvalue weighted by atomic mass is 32.2. The number of para-hydroxylation sites is 1. The lowest BCUT2D eigenvalue weighted by Gasteiger charge is -2.26. The Morgan fingerprint density at radius 2 is 1.83 bits per heavy atom. The van der Waals surface area contributed by atoms with Crippen molar-refractivity contribution in [3.63, 3.8) is 0 Å². The van der Waals surface area contributed by atoms with Crippen LogP contribution >= 0.6 is 23.5 Å². The SMILES string of the molecule is COc1ccccc1C(CNC(=O)COc1ccc(C2SCCCS2)cc1)N(C)C. The van der Waals surface area contributed by atoms with Gasteiger partial charge in [-0.15, -0.1) is 23.5 Å². The summed E-state index contributed by atoms with van der Waals surface area (Å²) >= 11 is 4.00. The van der Waals surface area contributed by atoms with Crippen LogP contribution in [-0.2, 0) is 4.79 Å². The second-order valence-electron chi connectivity index (χ2n) is 7.31. The van der Waals surface area contributed by atoms with Crippen molar-refractivity contribution in [2.24, 2.45) is 0 Å². The summed E-state index contributed by atoms with van der Waals surface area (Å²) in [6, 6.07) is 16.0. The van der Waals surface area contributed by atoms with Gasteiger partial charge in [-0.25, -0.2) is 0 Å². The summed E-state index contributed by atoms with van der Waals surface area (Å²) in [5.74, 6) is 3.83. The molecular formula is C23H30N2O3S2. The molecule has 1 heterocycles. The quantitative estimate of drug-likeness (QED) is 0.618. The second-order valence-corrected chi connectivity index (χ2v) is 10.0. The minimum Gasteiger partial charge on any atom is -0.496 e. The zero-order valence-electron chi connectivity index (χ0n) is 17.8. The Balaban J connectivity index is 1.50. The summed E-state index contributed by atoms with van der Waals surface area (Å²) in [5.41, 5.74) is 2.35. The number of thioether (sulfide) groups is 2. The molecule has 0 bridgehead atoms. The van der Waals surface area contributed by atoms with Crippen LogP contribution in [0, 0.1) is 0 Å². The van der Waals surface area contributed by atoms with E-state index < -0.39 is 0 Å². The molecule has 3 rings (SSSR count). The first kappa shape index (κ1) is 22.8. The number of nitrogens with zero attached hydrogens (tertiary/aromatic N) is 1. The van der Waals surface area contributed by atoms with E-state index in [4.69, 9.17) is 9.47 Å². The standard InChI is InChI=1S/C23H30N2O3S2/c1-25(2)20(19-7-4-5-8-21(19)27-3)15-24-22(26)16-28-18-11-9-17(10-12-18)23-29-13-6-14-30-23/h4-5,7-12,20,23H,6,13-16H2,1-3H3,(H,24,26). The lowest BCUT2D eigenvalue weighted by Crippen LogP contribution is -2.37. The van der Waals surface area contributed by atoms with Crippen molar-refractivity contribution < 1.29 is 14.3 Å². The van der Waals surface area contributed by atoms with Gasteiger partial charge in [0.15, 0.2) is 6.61 Å². The van der Waals surface area contributed by atoms with Crippen LogP contribution in [0.25, 0.3) is 0 Å². The van der Waals surface area contributed by atoms with Gasteiger partial charge in [0.05, 0.1) is 17.7 Å². The number of amides is 1. The smallest absolute Gasteiger partial charge is 0.258 e. The largest absolute Gasteiger partial charge is 0.496 e. The average molecular weight is 447 g/mol. The Morgan fingerprint density at radius 1 is 1.13 bits per heavy atom. The van der Waals surface area contributed by atoms with E-state index in [1.807, 2.05) is 74.0 Å². The van der Waals surface area contributed by atoms with E-state index in [0.717, 1.165) is 11.3 Å². The van der Waals surface area contributed by atoms with Gasteiger partial charge in [-0.05, 0) is 55.8 Å². The molecule has 1 N–H and O–H groups in total. The fraction of sp³-hybridized carbons (Fsp3) is 0.435. The van der Waals surface area contributed by atoms with Crippen LogP contribution in [0.3, 0.4) is 0 Å². The monoisotopic (exact) mass is 446 g/mol. The van der Waals surface area contributed by atoms with Gasteiger partial charge in [-0.1, -0.05) is 30.3 Å². The molecule has 1 unspecified atom stereocenters. The summed E-state index contributed by atoms with van der Waals surface area (Å²) in [5, 5.41) is 2.98. The molecule has 162 valence electrons. The van der Waals surface area contributed by atoms with Crippen molar-refractivity contribution in [2.75, 3.05) is 45.9 Å². The van der Waals surface area contributed by atoms with Gasteiger partial charge in [0.2, 0.25) is 0 Å². The summed E-state index contributed by atoms with van der Waals surface area (Å²) in [4.78, 5) is 14.4. The number of ether oxygens (including phenoxy) is 2. The Bertz CT molecular complexity index is 808. The normalized spacial score (nSPS) is 15.6. The van der Waals surface area contributed by atoms with Crippen LogP contribution in [0.15, 0.2) is 48.5 Å². The van der Waals surface area contributed by atoms with Crippen LogP contribution < -0.4 is 14.8 Å². The van der Waals surface area contributed by atoms with Crippen molar-refractivity contribution in [3.8, 4) is 11.5 Å². The first-order chi connectivity index (χ1) is 14.6. The third kappa shape index (κ3) is 6.33. The Morgan fingerprint density at radius 3 is 2.50 bits per heavy atom. The molecule has 1 atom stereocenters. The maximum atomic E-state index is 12.4. The molecule has 0 saturated carbocycles. The lowest BCUT2D eigenvalue weighted by molar-refractivity contribution is -0.123. The molecule has 0 aromatic heterocycles. The van der Waals surface area contributed by atoms with E-state index in [1.165, 1.54) is 23.5 Å². The minimum absolute atomic E-state index is 0.00164. The Hall–Kier alpha value is -1.83. The van der Waals surface area contributed by atoms with Gasteiger partial charge in [0, 0.05) is 12.1 Å². The van der Waals surface area contributed by atoms with E-state index in [9.17, 15) is 4.79 Å². The Labute approximate surface area is 187 Å². The highest BCUT2D eigenvalue weighted by molar-refractivity contribution is 8.16. The van der Waals surface area contributed by atoms with Gasteiger partial charge >= 0.3 is 0 Å². The fourth-order valence-electron chi connectivity index (χ4n) is 3.32. The summed E-state index contributed by atoms with van der Waals surface area (Å²) in [7, 11) is 5.64. The number of rotatable bonds is 9. The molecule has 1 amide bonds. The fourth-order valence-corrected chi connectivity index (χ4v) is 6.22. The molecule has 5 nitrogen and oxygen atoms in total. The van der Waals surface area contributed by atoms with Crippen LogP contribution in [-0.4, -0.2) is 56.7 Å². The van der Waals surface area contributed by atoms with E-state index in [1.54, 1.807) is 7.11 Å². The number of nitrogens with one attached hydrogen (secondary N) is 1. The zero-order valence-corrected chi connectivity index (χ0v) is 19.4. The van der Waals surface area contributed by atoms with Crippen LogP contribution in [0.4, 0.5) is 0 Å². The molecule has 0 aliphatic carbocycles. The van der Waals surface area contributed by atoms with Crippen LogP contribution in [0.2, 0.25) is 0 Å². The molecule has 1 fully saturated rings. The number of methoxy groups -OCH3 is 1. The van der Waals surface area contributed by atoms with E-state index >= 15 is 0 Å². The van der Waals surface area contributed by atoms with Gasteiger partial charge in [0.25, 0.3) is 5.91 Å². The highest BCUT2D eigenvalue weighted by Gasteiger charge is 2.19. The third-order valence-electron chi connectivity index (χ3n) is 4.96. The van der Waals surface area contributed by atoms with Gasteiger partial charge < -0.3 is 19.7 Å². The molecule has 2 aromatic carbocycles. The maximum absolute atomic E-state index is 12.4. The number of carbonyl (C=O) groups is 1. The van der Waals surface area contributed by atoms with Crippen molar-refractivity contribution in [3.05, 3.63) is 59.7 Å². The number of benzene rings is 2. The minimum atomic E-state index is -0.140. The number of carbonyl (C=O) groups excluding carboxylic acids is 1. The number of hydrogen-bond acceptors (Lipinski definition) is 6. The van der Waals surface area contributed by atoms with Crippen molar-refractivity contribution in [1.82, 2.24) is 10.2 Å². The zero-order chi connectivity index (χ0) is 21.3. The molecule has 1 aliphatic heterocycles. The lowest BCUT2D eigenvalue weighted by atomic mass is 10.0. The summed E-state index contributed by atoms with van der Waals surface area (Å²) in [6.45, 7) is 0.475. The summed E-state index contributed by atoms with van der Waals surface area (Å²) in [6.07, 6.45) is 1.29. The van der Waals surface area contributed by atoms with Crippen molar-refractivity contribution >= 4 is 29.4 Å². The van der Waals surface area contributed by atoms with E-state index in [-0.39, 0.29) is 18.6 Å². The topological polar surface area (TPSA) is 50.8 Å². The predicted molar refractivity (Wildman–Crippen MR) is 127 cm³/mol. The molecule has 0 spiro atoms. The third-order valence-corrected chi connectivity index (χ3v) is 7.98. The second kappa shape index (κ2) is 11.5. The molecule has 1 aliphatic rings. The van der Waals surface area contributed by atoms with Gasteiger partial charge in [0.1, 0.15) is 11.5 Å². The van der Waals surface area contributed by atoms with E-state index in [2.05, 4.69) is 22.3 Å². The highest BCUT2D eigenvalue weighted by Crippen LogP contribution is 2.43. The van der Waals surface area contributed by atoms with Gasteiger partial charge in [-0.3, -0.25) is 4.79 Å². The summed E-state index contributed by atoms with van der Waals surface area (Å²) < 4.78 is 11.7. The molecular weight excluding hydrogens is 416 g/mol. The predicted octanol–water partition coefficient (Wildman–Crippen LogP) is 4.36. The Kier molecular flexibility index (Phi) is 8.78. The number of likely N-dealkylation sites (N-methyl/N-ethyl adjacent to an activating group) is 1. The van der Waals surface area contributed by atoms with Crippen LogP contribution in [0.1, 0.15) is 28.2 Å². The molecule has 30 heavy (non-hydrogen) atoms. The van der Waals surface area contributed by atoms with Crippen molar-refractivity contribution in [1.29, 1.82) is 0 Å². The van der Waals surface area contributed by atoms with E-state index in [0.29, 0.717) is 16.9 Å². The van der Waals surface area contributed by atoms with Crippen molar-refractivity contribution in [2.45, 2.75) is 17.0 Å². The molecule has 7 heteroatoms. The average Bonchev–Trinajstić information content (AvgIpc) is 2.79. The van der Waals surface area contributed by atoms with Crippen LogP contribution in [0.5, 0.6) is 11.5 Å². The molecule has 2 aromatic rings. The van der Waals surface area contributed by atoms with Gasteiger partial charge in [-0.2, -0.15) is 0 Å². The first-order valence-corrected chi connectivity index (χ1v) is 12.2. The molecule has 1 saturated heterocycles. The first-order valence-electron chi connectivity index (χ1n) is 10.1. The molecule has 0 radical (unpaired) electrons. The maximum Gasteiger partial charge on any atom is 0.258 e. The number of hydrogen-bond donors (Lipinski definition) is 1.